The molecule has 5 heteroatoms. The van der Waals surface area contributed by atoms with Crippen LogP contribution in [0.15, 0.2) is 53.9 Å². The number of benzene rings is 1. The van der Waals surface area contributed by atoms with Gasteiger partial charge in [0, 0.05) is 18.1 Å². The van der Waals surface area contributed by atoms with Crippen LogP contribution in [-0.4, -0.2) is 21.2 Å². The van der Waals surface area contributed by atoms with Crippen molar-refractivity contribution in [3.8, 4) is 0 Å². The van der Waals surface area contributed by atoms with Gasteiger partial charge in [0.15, 0.2) is 11.6 Å². The Kier molecular flexibility index (Phi) is 2.64. The number of aromatic nitrogens is 3. The van der Waals surface area contributed by atoms with E-state index in [1.54, 1.807) is 12.3 Å². The van der Waals surface area contributed by atoms with Crippen molar-refractivity contribution in [2.75, 3.05) is 4.90 Å². The van der Waals surface area contributed by atoms with Crippen LogP contribution in [0.2, 0.25) is 0 Å². The summed E-state index contributed by atoms with van der Waals surface area (Å²) < 4.78 is 0. The van der Waals surface area contributed by atoms with Gasteiger partial charge in [-0.3, -0.25) is 9.69 Å². The topological polar surface area (TPSA) is 59.0 Å². The second kappa shape index (κ2) is 4.63. The van der Waals surface area contributed by atoms with Gasteiger partial charge in [0.1, 0.15) is 0 Å². The number of allylic oxidation sites excluding steroid dienone is 2. The molecule has 1 aliphatic heterocycles. The van der Waals surface area contributed by atoms with Gasteiger partial charge in [0.2, 0.25) is 0 Å². The fraction of sp³-hybridized carbons (Fsp3) is 0.125. The normalized spacial score (nSPS) is 16.8. The number of anilines is 2. The van der Waals surface area contributed by atoms with Crippen LogP contribution in [0.3, 0.4) is 0 Å². The molecule has 2 aliphatic rings. The summed E-state index contributed by atoms with van der Waals surface area (Å²) in [5, 5.41) is 11.5. The van der Waals surface area contributed by atoms with Crippen molar-refractivity contribution in [2.24, 2.45) is 0 Å². The summed E-state index contributed by atoms with van der Waals surface area (Å²) in [4.78, 5) is 14.2. The minimum absolute atomic E-state index is 0.175. The highest BCUT2D eigenvalue weighted by Crippen LogP contribution is 2.41. The molecule has 0 saturated heterocycles. The Morgan fingerprint density at radius 1 is 1.14 bits per heavy atom. The highest BCUT2D eigenvalue weighted by atomic mass is 16.1. The van der Waals surface area contributed by atoms with Crippen LogP contribution in [-0.2, 0) is 4.79 Å². The van der Waals surface area contributed by atoms with Crippen LogP contribution in [0.1, 0.15) is 18.4 Å². The highest BCUT2D eigenvalue weighted by Gasteiger charge is 2.30. The summed E-state index contributed by atoms with van der Waals surface area (Å²) in [6, 6.07) is 9.76. The number of carbonyl (C=O) groups is 1. The van der Waals surface area contributed by atoms with E-state index in [4.69, 9.17) is 0 Å². The molecule has 102 valence electrons. The molecule has 4 rings (SSSR count). The van der Waals surface area contributed by atoms with Crippen LogP contribution in [0.25, 0.3) is 6.08 Å². The maximum Gasteiger partial charge on any atom is 0.165 e. The first-order valence-electron chi connectivity index (χ1n) is 6.83. The summed E-state index contributed by atoms with van der Waals surface area (Å²) in [6.45, 7) is 0. The molecule has 0 radical (unpaired) electrons. The summed E-state index contributed by atoms with van der Waals surface area (Å²) in [6.07, 6.45) is 6.98. The van der Waals surface area contributed by atoms with Gasteiger partial charge in [-0.15, -0.1) is 10.2 Å². The number of rotatable bonds is 1. The summed E-state index contributed by atoms with van der Waals surface area (Å²) in [5.74, 6) is 0.845. The molecule has 21 heavy (non-hydrogen) atoms. The zero-order valence-corrected chi connectivity index (χ0v) is 11.2. The van der Waals surface area contributed by atoms with Gasteiger partial charge in [-0.1, -0.05) is 24.3 Å². The number of nitrogens with zero attached hydrogens (tertiary/aromatic N) is 4. The molecule has 0 amide bonds. The predicted octanol–water partition coefficient (Wildman–Crippen LogP) is 2.65. The lowest BCUT2D eigenvalue weighted by Gasteiger charge is -2.33. The average molecular weight is 276 g/mol. The molecule has 0 saturated carbocycles. The van der Waals surface area contributed by atoms with E-state index in [1.807, 2.05) is 35.2 Å². The molecule has 1 aliphatic carbocycles. The molecule has 1 aromatic carbocycles. The smallest absolute Gasteiger partial charge is 0.165 e. The SMILES string of the molecule is O=C1CCC=C2C1=Cc1ccccc1N2c1ccnnn1. The maximum atomic E-state index is 12.2. The van der Waals surface area contributed by atoms with Gasteiger partial charge < -0.3 is 0 Å². The van der Waals surface area contributed by atoms with Crippen LogP contribution in [0.4, 0.5) is 11.5 Å². The number of para-hydroxylation sites is 1. The Hall–Kier alpha value is -2.82. The highest BCUT2D eigenvalue weighted by molar-refractivity contribution is 6.08. The molecule has 0 unspecified atom stereocenters. The Labute approximate surface area is 121 Å². The van der Waals surface area contributed by atoms with Crippen molar-refractivity contribution in [2.45, 2.75) is 12.8 Å². The Morgan fingerprint density at radius 2 is 2.05 bits per heavy atom. The fourth-order valence-corrected chi connectivity index (χ4v) is 2.79. The van der Waals surface area contributed by atoms with Crippen molar-refractivity contribution in [3.05, 3.63) is 59.4 Å². The standard InChI is InChI=1S/C16H12N4O/c21-15-7-3-6-14-12(15)10-11-4-1-2-5-13(11)20(14)16-8-9-17-19-18-16/h1-2,4-6,8-10H,3,7H2. The zero-order valence-electron chi connectivity index (χ0n) is 11.2. The van der Waals surface area contributed by atoms with E-state index in [0.717, 1.165) is 28.9 Å². The number of carbonyl (C=O) groups excluding carboxylic acids is 1. The number of fused-ring (bicyclic) bond motifs is 2. The molecule has 0 N–H and O–H groups in total. The predicted molar refractivity (Wildman–Crippen MR) is 78.7 cm³/mol. The zero-order chi connectivity index (χ0) is 14.2. The lowest BCUT2D eigenvalue weighted by Crippen LogP contribution is -2.27. The Morgan fingerprint density at radius 3 is 2.90 bits per heavy atom. The van der Waals surface area contributed by atoms with Gasteiger partial charge >= 0.3 is 0 Å². The number of hydrogen-bond acceptors (Lipinski definition) is 5. The minimum atomic E-state index is 0.175. The molecule has 0 atom stereocenters. The van der Waals surface area contributed by atoms with Crippen LogP contribution in [0.5, 0.6) is 0 Å². The summed E-state index contributed by atoms with van der Waals surface area (Å²) >= 11 is 0. The van der Waals surface area contributed by atoms with Crippen molar-refractivity contribution < 1.29 is 4.79 Å². The third-order valence-electron chi connectivity index (χ3n) is 3.72. The first kappa shape index (κ1) is 12.0. The fourth-order valence-electron chi connectivity index (χ4n) is 2.79. The molecule has 2 aromatic rings. The van der Waals surface area contributed by atoms with E-state index in [9.17, 15) is 4.79 Å². The molecule has 1 aromatic heterocycles. The number of hydrogen-bond donors (Lipinski definition) is 0. The third kappa shape index (κ3) is 1.86. The maximum absolute atomic E-state index is 12.2. The van der Waals surface area contributed by atoms with E-state index in [1.165, 1.54) is 0 Å². The first-order chi connectivity index (χ1) is 10.3. The second-order valence-corrected chi connectivity index (χ2v) is 4.98. The summed E-state index contributed by atoms with van der Waals surface area (Å²) in [7, 11) is 0. The van der Waals surface area contributed by atoms with E-state index < -0.39 is 0 Å². The van der Waals surface area contributed by atoms with Gasteiger partial charge in [-0.2, -0.15) is 0 Å². The third-order valence-corrected chi connectivity index (χ3v) is 3.72. The lowest BCUT2D eigenvalue weighted by atomic mass is 9.90. The van der Waals surface area contributed by atoms with Crippen LogP contribution >= 0.6 is 0 Å². The molecule has 5 nitrogen and oxygen atoms in total. The lowest BCUT2D eigenvalue weighted by molar-refractivity contribution is -0.115. The molecule has 0 spiro atoms. The molecule has 0 fully saturated rings. The van der Waals surface area contributed by atoms with Gasteiger partial charge in [-0.05, 0) is 29.3 Å². The monoisotopic (exact) mass is 276 g/mol. The molecular weight excluding hydrogens is 264 g/mol. The van der Waals surface area contributed by atoms with Crippen molar-refractivity contribution in [1.82, 2.24) is 15.4 Å². The van der Waals surface area contributed by atoms with Gasteiger partial charge in [0.25, 0.3) is 0 Å². The van der Waals surface area contributed by atoms with Crippen molar-refractivity contribution in [1.29, 1.82) is 0 Å². The largest absolute Gasteiger partial charge is 0.294 e. The Balaban J connectivity index is 1.98. The van der Waals surface area contributed by atoms with Crippen LogP contribution in [0, 0.1) is 0 Å². The molecule has 2 heterocycles. The van der Waals surface area contributed by atoms with Gasteiger partial charge in [-0.25, -0.2) is 0 Å². The van der Waals surface area contributed by atoms with Gasteiger partial charge in [0.05, 0.1) is 17.6 Å². The second-order valence-electron chi connectivity index (χ2n) is 4.98. The number of ketones is 1. The number of Topliss-reactive ketones (excluding diaryl/α,β-unsaturated/α-hetero) is 1. The van der Waals surface area contributed by atoms with E-state index in [2.05, 4.69) is 21.5 Å². The first-order valence-corrected chi connectivity index (χ1v) is 6.83. The molecule has 0 bridgehead atoms. The van der Waals surface area contributed by atoms with E-state index in [0.29, 0.717) is 12.2 Å². The summed E-state index contributed by atoms with van der Waals surface area (Å²) in [5.41, 5.74) is 3.66. The quantitative estimate of drug-likeness (QED) is 0.801. The Bertz CT molecular complexity index is 780. The van der Waals surface area contributed by atoms with Crippen LogP contribution < -0.4 is 4.90 Å². The molecular formula is C16H12N4O. The average Bonchev–Trinajstić information content (AvgIpc) is 2.54. The van der Waals surface area contributed by atoms with E-state index >= 15 is 0 Å². The minimum Gasteiger partial charge on any atom is -0.294 e. The van der Waals surface area contributed by atoms with E-state index in [-0.39, 0.29) is 5.78 Å². The van der Waals surface area contributed by atoms with Crippen molar-refractivity contribution in [3.63, 3.8) is 0 Å². The van der Waals surface area contributed by atoms with Crippen molar-refractivity contribution >= 4 is 23.4 Å².